The van der Waals surface area contributed by atoms with E-state index in [9.17, 15) is 12.8 Å². The van der Waals surface area contributed by atoms with Crippen molar-refractivity contribution in [2.24, 2.45) is 0 Å². The summed E-state index contributed by atoms with van der Waals surface area (Å²) in [6, 6.07) is 3.49. The zero-order chi connectivity index (χ0) is 16.9. The van der Waals surface area contributed by atoms with E-state index in [1.54, 1.807) is 21.5 Å². The van der Waals surface area contributed by atoms with Crippen LogP contribution < -0.4 is 0 Å². The molecule has 2 unspecified atom stereocenters. The lowest BCUT2D eigenvalue weighted by molar-refractivity contribution is 0.174. The maximum atomic E-state index is 13.3. The van der Waals surface area contributed by atoms with E-state index in [4.69, 9.17) is 11.6 Å². The molecule has 0 amide bonds. The number of hydrogen-bond donors (Lipinski definition) is 0. The van der Waals surface area contributed by atoms with Crippen molar-refractivity contribution in [2.75, 3.05) is 0 Å². The summed E-state index contributed by atoms with van der Waals surface area (Å²) in [5, 5.41) is 8.18. The van der Waals surface area contributed by atoms with Crippen LogP contribution in [-0.2, 0) is 10.0 Å². The average molecular weight is 371 g/mol. The molecule has 6 nitrogen and oxygen atoms in total. The molecule has 2 fully saturated rings. The van der Waals surface area contributed by atoms with Crippen LogP contribution >= 0.6 is 11.6 Å². The van der Waals surface area contributed by atoms with E-state index in [-0.39, 0.29) is 28.0 Å². The molecule has 0 N–H and O–H groups in total. The van der Waals surface area contributed by atoms with E-state index in [1.165, 1.54) is 12.1 Å². The second kappa shape index (κ2) is 5.79. The predicted octanol–water partition coefficient (Wildman–Crippen LogP) is 2.63. The first kappa shape index (κ1) is 16.0. The second-order valence-corrected chi connectivity index (χ2v) is 8.52. The van der Waals surface area contributed by atoms with Gasteiger partial charge in [-0.25, -0.2) is 12.8 Å². The van der Waals surface area contributed by atoms with Crippen LogP contribution in [0.15, 0.2) is 35.5 Å². The molecule has 24 heavy (non-hydrogen) atoms. The van der Waals surface area contributed by atoms with Crippen LogP contribution in [0.3, 0.4) is 0 Å². The molecule has 0 spiro atoms. The summed E-state index contributed by atoms with van der Waals surface area (Å²) in [6.45, 7) is 0. The normalized spacial score (nSPS) is 27.5. The molecule has 2 saturated heterocycles. The van der Waals surface area contributed by atoms with Gasteiger partial charge in [-0.05, 0) is 43.9 Å². The summed E-state index contributed by atoms with van der Waals surface area (Å²) in [7, 11) is -3.70. The molecule has 2 aliphatic heterocycles. The highest BCUT2D eigenvalue weighted by molar-refractivity contribution is 7.89. The summed E-state index contributed by atoms with van der Waals surface area (Å²) in [5.41, 5.74) is 0. The van der Waals surface area contributed by atoms with Gasteiger partial charge >= 0.3 is 0 Å². The number of hydrogen-bond acceptors (Lipinski definition) is 4. The maximum absolute atomic E-state index is 13.3. The van der Waals surface area contributed by atoms with Gasteiger partial charge in [-0.1, -0.05) is 11.6 Å². The molecule has 9 heteroatoms. The number of piperidine rings is 1. The Labute approximate surface area is 144 Å². The van der Waals surface area contributed by atoms with Gasteiger partial charge in [-0.15, -0.1) is 0 Å². The van der Waals surface area contributed by atoms with E-state index in [2.05, 4.69) is 10.2 Å². The first-order valence-corrected chi connectivity index (χ1v) is 9.63. The summed E-state index contributed by atoms with van der Waals surface area (Å²) < 4.78 is 40.9. The predicted molar refractivity (Wildman–Crippen MR) is 85.5 cm³/mol. The molecule has 2 atom stereocenters. The van der Waals surface area contributed by atoms with Crippen molar-refractivity contribution in [1.82, 2.24) is 19.3 Å². The fourth-order valence-electron chi connectivity index (χ4n) is 3.86. The van der Waals surface area contributed by atoms with Crippen molar-refractivity contribution in [2.45, 2.75) is 48.7 Å². The van der Waals surface area contributed by atoms with Crippen LogP contribution in [0.4, 0.5) is 4.39 Å². The summed E-state index contributed by atoms with van der Waals surface area (Å²) in [4.78, 5) is 1.71. The average Bonchev–Trinajstić information content (AvgIpc) is 3.17. The van der Waals surface area contributed by atoms with E-state index < -0.39 is 15.8 Å². The minimum atomic E-state index is -3.70. The van der Waals surface area contributed by atoms with Crippen molar-refractivity contribution in [3.05, 3.63) is 41.4 Å². The van der Waals surface area contributed by atoms with Crippen molar-refractivity contribution < 1.29 is 12.8 Å². The second-order valence-electron chi connectivity index (χ2n) is 6.27. The highest BCUT2D eigenvalue weighted by atomic mass is 35.5. The third-order valence-electron chi connectivity index (χ3n) is 4.87. The zero-order valence-electron chi connectivity index (χ0n) is 12.7. The maximum Gasteiger partial charge on any atom is 0.243 e. The molecular weight excluding hydrogens is 355 g/mol. The molecule has 0 saturated carbocycles. The van der Waals surface area contributed by atoms with Crippen molar-refractivity contribution >= 4 is 21.6 Å². The first-order chi connectivity index (χ1) is 11.5. The number of sulfonamides is 1. The Balaban J connectivity index is 1.64. The molecule has 4 rings (SSSR count). The quantitative estimate of drug-likeness (QED) is 0.832. The Morgan fingerprint density at radius 2 is 1.71 bits per heavy atom. The number of fused-ring (bicyclic) bond motifs is 2. The van der Waals surface area contributed by atoms with Gasteiger partial charge in [0, 0.05) is 12.1 Å². The van der Waals surface area contributed by atoms with E-state index in [0.29, 0.717) is 12.8 Å². The summed E-state index contributed by atoms with van der Waals surface area (Å²) >= 11 is 5.76. The Hall–Kier alpha value is -1.51. The fourth-order valence-corrected chi connectivity index (χ4v) is 6.02. The number of aromatic nitrogens is 3. The molecule has 1 aromatic heterocycles. The standard InChI is InChI=1S/C15H16ClFN4O2S/c16-14-9-13(3-4-15(14)17)24(22,23)20-10-1-2-11(20)8-12(7-10)21-18-5-6-19-21/h3-6,9-12H,1-2,7-8H2. The van der Waals surface area contributed by atoms with Crippen molar-refractivity contribution in [3.63, 3.8) is 0 Å². The zero-order valence-corrected chi connectivity index (χ0v) is 14.3. The summed E-state index contributed by atoms with van der Waals surface area (Å²) in [5.74, 6) is -0.623. The topological polar surface area (TPSA) is 68.1 Å². The Morgan fingerprint density at radius 3 is 2.29 bits per heavy atom. The number of nitrogens with zero attached hydrogens (tertiary/aromatic N) is 4. The van der Waals surface area contributed by atoms with Gasteiger partial charge in [-0.2, -0.15) is 19.3 Å². The third kappa shape index (κ3) is 2.53. The van der Waals surface area contributed by atoms with Gasteiger partial charge in [0.2, 0.25) is 10.0 Å². The molecule has 2 aromatic rings. The minimum Gasteiger partial charge on any atom is -0.207 e. The number of halogens is 2. The lowest BCUT2D eigenvalue weighted by Crippen LogP contribution is -2.47. The third-order valence-corrected chi connectivity index (χ3v) is 7.16. The van der Waals surface area contributed by atoms with Crippen LogP contribution in [0.5, 0.6) is 0 Å². The van der Waals surface area contributed by atoms with Gasteiger partial charge < -0.3 is 0 Å². The molecule has 1 aromatic carbocycles. The SMILES string of the molecule is O=S(=O)(c1ccc(F)c(Cl)c1)N1C2CCC1CC(n1nccn1)C2. The highest BCUT2D eigenvalue weighted by Crippen LogP contribution is 2.43. The number of benzene rings is 1. The lowest BCUT2D eigenvalue weighted by Gasteiger charge is -2.37. The van der Waals surface area contributed by atoms with Crippen molar-refractivity contribution in [3.8, 4) is 0 Å². The monoisotopic (exact) mass is 370 g/mol. The van der Waals surface area contributed by atoms with Crippen molar-refractivity contribution in [1.29, 1.82) is 0 Å². The van der Waals surface area contributed by atoms with Gasteiger partial charge in [-0.3, -0.25) is 0 Å². The molecule has 3 heterocycles. The summed E-state index contributed by atoms with van der Waals surface area (Å²) in [6.07, 6.45) is 6.25. The Kier molecular flexibility index (Phi) is 3.85. The van der Waals surface area contributed by atoms with E-state index in [0.717, 1.165) is 18.9 Å². The van der Waals surface area contributed by atoms with Gasteiger partial charge in [0.25, 0.3) is 0 Å². The fraction of sp³-hybridized carbons (Fsp3) is 0.467. The van der Waals surface area contributed by atoms with Gasteiger partial charge in [0.05, 0.1) is 28.4 Å². The van der Waals surface area contributed by atoms with Gasteiger partial charge in [0.1, 0.15) is 5.82 Å². The molecule has 0 radical (unpaired) electrons. The Morgan fingerprint density at radius 1 is 1.08 bits per heavy atom. The molecule has 2 aliphatic rings. The van der Waals surface area contributed by atoms with Crippen LogP contribution in [0.2, 0.25) is 5.02 Å². The first-order valence-electron chi connectivity index (χ1n) is 7.81. The molecular formula is C15H16ClFN4O2S. The highest BCUT2D eigenvalue weighted by Gasteiger charge is 2.48. The largest absolute Gasteiger partial charge is 0.243 e. The lowest BCUT2D eigenvalue weighted by atomic mass is 10.0. The van der Waals surface area contributed by atoms with E-state index >= 15 is 0 Å². The number of rotatable bonds is 3. The van der Waals surface area contributed by atoms with Crippen LogP contribution in [0.25, 0.3) is 0 Å². The van der Waals surface area contributed by atoms with Gasteiger partial charge in [0.15, 0.2) is 0 Å². The molecule has 128 valence electrons. The van der Waals surface area contributed by atoms with Crippen LogP contribution in [0.1, 0.15) is 31.7 Å². The minimum absolute atomic E-state index is 0.0430. The van der Waals surface area contributed by atoms with Crippen LogP contribution in [-0.4, -0.2) is 39.8 Å². The molecule has 2 bridgehead atoms. The van der Waals surface area contributed by atoms with Crippen LogP contribution in [0, 0.1) is 5.82 Å². The smallest absolute Gasteiger partial charge is 0.207 e. The molecule has 0 aliphatic carbocycles. The Bertz CT molecular complexity index is 844. The van der Waals surface area contributed by atoms with E-state index in [1.807, 2.05) is 0 Å².